The van der Waals surface area contributed by atoms with Crippen molar-refractivity contribution in [1.82, 2.24) is 18.8 Å². The van der Waals surface area contributed by atoms with Crippen molar-refractivity contribution in [3.63, 3.8) is 0 Å². The molecule has 8 nitrogen and oxygen atoms in total. The highest BCUT2D eigenvalue weighted by atomic mass is 32.2. The lowest BCUT2D eigenvalue weighted by Crippen LogP contribution is -2.26. The third kappa shape index (κ3) is 3.34. The van der Waals surface area contributed by atoms with Gasteiger partial charge in [0.2, 0.25) is 10.0 Å². The van der Waals surface area contributed by atoms with Gasteiger partial charge in [-0.3, -0.25) is 13.9 Å². The molecule has 0 saturated carbocycles. The topological polar surface area (TPSA) is 93.4 Å². The predicted molar refractivity (Wildman–Crippen MR) is 107 cm³/mol. The van der Waals surface area contributed by atoms with Crippen LogP contribution in [0.5, 0.6) is 0 Å². The van der Waals surface area contributed by atoms with Gasteiger partial charge in [-0.05, 0) is 35.9 Å². The molecule has 0 radical (unpaired) electrons. The number of fused-ring (bicyclic) bond motifs is 1. The van der Waals surface area contributed by atoms with Crippen molar-refractivity contribution in [3.8, 4) is 0 Å². The first kappa shape index (κ1) is 19.8. The van der Waals surface area contributed by atoms with Gasteiger partial charge in [0.1, 0.15) is 0 Å². The number of carbonyl (C=O) groups is 1. The Morgan fingerprint density at radius 2 is 1.64 bits per heavy atom. The van der Waals surface area contributed by atoms with Gasteiger partial charge >= 0.3 is 5.69 Å². The highest BCUT2D eigenvalue weighted by Crippen LogP contribution is 2.21. The summed E-state index contributed by atoms with van der Waals surface area (Å²) in [5, 5.41) is 2.54. The van der Waals surface area contributed by atoms with Crippen LogP contribution in [-0.4, -0.2) is 41.9 Å². The molecule has 3 aromatic rings. The van der Waals surface area contributed by atoms with Crippen molar-refractivity contribution in [2.45, 2.75) is 11.4 Å². The fourth-order valence-electron chi connectivity index (χ4n) is 3.07. The van der Waals surface area contributed by atoms with Crippen LogP contribution in [0.2, 0.25) is 0 Å². The SMILES string of the molecule is CNC(=O)c1ccc(CN(C)S(=O)(=O)c2ccc3c(c2)n(C)c(=O)n3C)cc1. The maximum absolute atomic E-state index is 13.0. The summed E-state index contributed by atoms with van der Waals surface area (Å²) < 4.78 is 30.1. The molecular formula is C19H22N4O4S. The van der Waals surface area contributed by atoms with Crippen LogP contribution in [0, 0.1) is 0 Å². The van der Waals surface area contributed by atoms with E-state index in [0.29, 0.717) is 16.6 Å². The Morgan fingerprint density at radius 1 is 1.04 bits per heavy atom. The third-order valence-corrected chi connectivity index (χ3v) is 6.60. The maximum Gasteiger partial charge on any atom is 0.328 e. The van der Waals surface area contributed by atoms with E-state index in [2.05, 4.69) is 5.32 Å². The van der Waals surface area contributed by atoms with Crippen LogP contribution in [0.15, 0.2) is 52.2 Å². The molecule has 0 aliphatic heterocycles. The highest BCUT2D eigenvalue weighted by Gasteiger charge is 2.22. The number of aromatic nitrogens is 2. The largest absolute Gasteiger partial charge is 0.355 e. The second-order valence-corrected chi connectivity index (χ2v) is 8.63. The Labute approximate surface area is 163 Å². The van der Waals surface area contributed by atoms with E-state index in [1.807, 2.05) is 0 Å². The first-order chi connectivity index (χ1) is 13.2. The van der Waals surface area contributed by atoms with Crippen LogP contribution < -0.4 is 11.0 Å². The van der Waals surface area contributed by atoms with Gasteiger partial charge in [-0.1, -0.05) is 12.1 Å². The van der Waals surface area contributed by atoms with Gasteiger partial charge in [0.05, 0.1) is 15.9 Å². The van der Waals surface area contributed by atoms with E-state index >= 15 is 0 Å². The molecule has 148 valence electrons. The van der Waals surface area contributed by atoms with Crippen LogP contribution in [0.3, 0.4) is 0 Å². The minimum absolute atomic E-state index is 0.116. The molecule has 2 aromatic carbocycles. The Bertz CT molecular complexity index is 1210. The summed E-state index contributed by atoms with van der Waals surface area (Å²) in [4.78, 5) is 23.8. The maximum atomic E-state index is 13.0. The number of sulfonamides is 1. The first-order valence-electron chi connectivity index (χ1n) is 8.59. The summed E-state index contributed by atoms with van der Waals surface area (Å²) in [6.45, 7) is 0.155. The fourth-order valence-corrected chi connectivity index (χ4v) is 4.25. The van der Waals surface area contributed by atoms with E-state index in [1.165, 1.54) is 32.6 Å². The number of hydrogen-bond acceptors (Lipinski definition) is 4. The normalized spacial score (nSPS) is 11.9. The molecule has 0 aliphatic rings. The lowest BCUT2D eigenvalue weighted by Gasteiger charge is -2.17. The van der Waals surface area contributed by atoms with Gasteiger partial charge < -0.3 is 5.32 Å². The Morgan fingerprint density at radius 3 is 2.25 bits per heavy atom. The Balaban J connectivity index is 1.90. The van der Waals surface area contributed by atoms with Crippen molar-refractivity contribution in [3.05, 3.63) is 64.1 Å². The summed E-state index contributed by atoms with van der Waals surface area (Å²) in [6.07, 6.45) is 0. The number of aryl methyl sites for hydroxylation is 2. The number of imidazole rings is 1. The second-order valence-electron chi connectivity index (χ2n) is 6.59. The zero-order valence-electron chi connectivity index (χ0n) is 16.1. The van der Waals surface area contributed by atoms with Crippen LogP contribution >= 0.6 is 0 Å². The second kappa shape index (κ2) is 7.25. The molecule has 0 atom stereocenters. The van der Waals surface area contributed by atoms with E-state index in [-0.39, 0.29) is 23.0 Å². The molecule has 1 N–H and O–H groups in total. The number of rotatable bonds is 5. The fraction of sp³-hybridized carbons (Fsp3) is 0.263. The van der Waals surface area contributed by atoms with Gasteiger partial charge in [-0.2, -0.15) is 4.31 Å². The molecule has 0 saturated heterocycles. The minimum Gasteiger partial charge on any atom is -0.355 e. The molecule has 9 heteroatoms. The molecular weight excluding hydrogens is 380 g/mol. The van der Waals surface area contributed by atoms with Gasteiger partial charge in [0.25, 0.3) is 5.91 Å². The number of benzene rings is 2. The number of hydrogen-bond donors (Lipinski definition) is 1. The highest BCUT2D eigenvalue weighted by molar-refractivity contribution is 7.89. The number of nitrogens with zero attached hydrogens (tertiary/aromatic N) is 3. The molecule has 1 aromatic heterocycles. The number of amides is 1. The molecule has 0 fully saturated rings. The quantitative estimate of drug-likeness (QED) is 0.691. The molecule has 1 amide bonds. The van der Waals surface area contributed by atoms with Gasteiger partial charge in [0, 0.05) is 40.3 Å². The van der Waals surface area contributed by atoms with E-state index in [4.69, 9.17) is 0 Å². The summed E-state index contributed by atoms with van der Waals surface area (Å²) in [5.74, 6) is -0.200. The van der Waals surface area contributed by atoms with Crippen molar-refractivity contribution in [2.24, 2.45) is 14.1 Å². The number of carbonyl (C=O) groups excluding carboxylic acids is 1. The predicted octanol–water partition coefficient (Wildman–Crippen LogP) is 1.06. The van der Waals surface area contributed by atoms with Gasteiger partial charge in [-0.25, -0.2) is 13.2 Å². The zero-order chi connectivity index (χ0) is 20.6. The lowest BCUT2D eigenvalue weighted by atomic mass is 10.1. The van der Waals surface area contributed by atoms with Crippen molar-refractivity contribution in [1.29, 1.82) is 0 Å². The third-order valence-electron chi connectivity index (χ3n) is 4.80. The van der Waals surface area contributed by atoms with Crippen LogP contribution in [0.1, 0.15) is 15.9 Å². The van der Waals surface area contributed by atoms with Crippen LogP contribution in [-0.2, 0) is 30.7 Å². The molecule has 0 unspecified atom stereocenters. The first-order valence-corrected chi connectivity index (χ1v) is 10.0. The van der Waals surface area contributed by atoms with E-state index in [9.17, 15) is 18.0 Å². The molecule has 28 heavy (non-hydrogen) atoms. The summed E-state index contributed by atoms with van der Waals surface area (Å²) >= 11 is 0. The van der Waals surface area contributed by atoms with Crippen molar-refractivity contribution in [2.75, 3.05) is 14.1 Å². The summed E-state index contributed by atoms with van der Waals surface area (Å²) in [6, 6.07) is 11.4. The summed E-state index contributed by atoms with van der Waals surface area (Å²) in [7, 11) is 2.55. The van der Waals surface area contributed by atoms with Crippen LogP contribution in [0.25, 0.3) is 11.0 Å². The smallest absolute Gasteiger partial charge is 0.328 e. The van der Waals surface area contributed by atoms with Gasteiger partial charge in [0.15, 0.2) is 0 Å². The zero-order valence-corrected chi connectivity index (χ0v) is 16.9. The van der Waals surface area contributed by atoms with E-state index in [1.54, 1.807) is 51.5 Å². The monoisotopic (exact) mass is 402 g/mol. The van der Waals surface area contributed by atoms with Crippen LogP contribution in [0.4, 0.5) is 0 Å². The Kier molecular flexibility index (Phi) is 5.14. The number of nitrogens with one attached hydrogen (secondary N) is 1. The van der Waals surface area contributed by atoms with Crippen molar-refractivity contribution >= 4 is 27.0 Å². The average molecular weight is 402 g/mol. The molecule has 0 aliphatic carbocycles. The molecule has 0 spiro atoms. The molecule has 1 heterocycles. The van der Waals surface area contributed by atoms with Gasteiger partial charge in [-0.15, -0.1) is 0 Å². The standard InChI is InChI=1S/C19H22N4O4S/c1-20-18(24)14-7-5-13(6-8-14)12-21(2)28(26,27)15-9-10-16-17(11-15)23(4)19(25)22(16)3/h5-11H,12H2,1-4H3,(H,20,24). The lowest BCUT2D eigenvalue weighted by molar-refractivity contribution is 0.0963. The molecule has 0 bridgehead atoms. The molecule has 3 rings (SSSR count). The minimum atomic E-state index is -3.75. The average Bonchev–Trinajstić information content (AvgIpc) is 2.91. The van der Waals surface area contributed by atoms with E-state index in [0.717, 1.165) is 5.56 Å². The van der Waals surface area contributed by atoms with E-state index < -0.39 is 10.0 Å². The Hall–Kier alpha value is -2.91. The summed E-state index contributed by atoms with van der Waals surface area (Å²) in [5.41, 5.74) is 2.27. The van der Waals surface area contributed by atoms with Crippen molar-refractivity contribution < 1.29 is 13.2 Å².